The van der Waals surface area contributed by atoms with Crippen LogP contribution in [0.3, 0.4) is 0 Å². The Kier molecular flexibility index (Phi) is 12.0. The van der Waals surface area contributed by atoms with E-state index < -0.39 is 12.2 Å². The summed E-state index contributed by atoms with van der Waals surface area (Å²) >= 11 is 3.35. The van der Waals surface area contributed by atoms with Gasteiger partial charge in [0.25, 0.3) is 11.8 Å². The van der Waals surface area contributed by atoms with Gasteiger partial charge in [0, 0.05) is 90.1 Å². The molecule has 15 heteroatoms. The first-order valence-corrected chi connectivity index (χ1v) is 18.6. The number of hydroxylamine groups is 2. The van der Waals surface area contributed by atoms with Crippen LogP contribution >= 0.6 is 15.9 Å². The Labute approximate surface area is 307 Å². The van der Waals surface area contributed by atoms with Crippen LogP contribution in [0.2, 0.25) is 0 Å². The summed E-state index contributed by atoms with van der Waals surface area (Å²) in [5.41, 5.74) is 2.69. The second-order valence-corrected chi connectivity index (χ2v) is 14.8. The average Bonchev–Trinajstić information content (AvgIpc) is 3.31. The molecule has 14 nitrogen and oxygen atoms in total. The molecule has 3 N–H and O–H groups in total. The Morgan fingerprint density at radius 2 is 1.61 bits per heavy atom. The third kappa shape index (κ3) is 9.12. The number of urea groups is 1. The molecule has 3 saturated heterocycles. The first kappa shape index (κ1) is 36.9. The van der Waals surface area contributed by atoms with Gasteiger partial charge in [-0.2, -0.15) is 0 Å². The van der Waals surface area contributed by atoms with Crippen LogP contribution in [0.15, 0.2) is 46.9 Å². The second-order valence-electron chi connectivity index (χ2n) is 13.9. The molecule has 6 rings (SSSR count). The highest BCUT2D eigenvalue weighted by atomic mass is 79.9. The number of ether oxygens (including phenoxy) is 1. The normalized spacial score (nSPS) is 20.3. The lowest BCUT2D eigenvalue weighted by atomic mass is 10.0. The maximum Gasteiger partial charge on any atom is 0.410 e. The standard InChI is InChI=1S/C36H48BrN7O7/c1-39(50)33(46)24-40-13-9-27(10-14-40)41-18-20-42(21-19-41)34(47)32(23-25-6-7-31(45)29(37)22-25)51-36(49)43-15-11-28(12-16-43)44-17-8-26-4-2-3-5-30(26)38-35(44)48/h2-7,22,27-28,32,45,50H,8-21,23-24H2,1H3,(H,38,48)/t32-/m1/s1. The van der Waals surface area contributed by atoms with Gasteiger partial charge in [-0.15, -0.1) is 0 Å². The molecule has 2 aromatic carbocycles. The summed E-state index contributed by atoms with van der Waals surface area (Å²) in [7, 11) is 1.34. The van der Waals surface area contributed by atoms with E-state index in [4.69, 9.17) is 4.74 Å². The average molecular weight is 771 g/mol. The highest BCUT2D eigenvalue weighted by Crippen LogP contribution is 2.28. The zero-order chi connectivity index (χ0) is 36.1. The van der Waals surface area contributed by atoms with E-state index in [1.807, 2.05) is 29.2 Å². The molecule has 51 heavy (non-hydrogen) atoms. The SMILES string of the molecule is CN(O)C(=O)CN1CCC(N2CCN(C(=O)[C@@H](Cc3ccc(O)c(Br)c3)OC(=O)N3CCC(N4CCc5ccccc5NC4=O)CC3)CC2)CC1. The van der Waals surface area contributed by atoms with E-state index in [0.717, 1.165) is 49.2 Å². The first-order valence-electron chi connectivity index (χ1n) is 17.8. The molecule has 3 fully saturated rings. The van der Waals surface area contributed by atoms with Crippen molar-refractivity contribution in [3.63, 3.8) is 0 Å². The van der Waals surface area contributed by atoms with Crippen LogP contribution in [-0.2, 0) is 27.2 Å². The molecule has 0 radical (unpaired) electrons. The van der Waals surface area contributed by atoms with Crippen molar-refractivity contribution in [3.8, 4) is 5.75 Å². The molecular formula is C36H48BrN7O7. The number of benzene rings is 2. The van der Waals surface area contributed by atoms with Gasteiger partial charge in [-0.3, -0.25) is 24.6 Å². The quantitative estimate of drug-likeness (QED) is 0.272. The van der Waals surface area contributed by atoms with Gasteiger partial charge in [0.05, 0.1) is 11.0 Å². The minimum atomic E-state index is -1.04. The van der Waals surface area contributed by atoms with Crippen molar-refractivity contribution in [2.75, 3.05) is 77.8 Å². The van der Waals surface area contributed by atoms with Crippen molar-refractivity contribution < 1.29 is 34.2 Å². The molecule has 4 aliphatic rings. The van der Waals surface area contributed by atoms with Crippen molar-refractivity contribution in [3.05, 3.63) is 58.1 Å². The molecule has 0 unspecified atom stereocenters. The number of nitrogens with zero attached hydrogens (tertiary/aromatic N) is 6. The predicted octanol–water partition coefficient (Wildman–Crippen LogP) is 3.21. The number of phenols is 1. The van der Waals surface area contributed by atoms with Crippen LogP contribution in [0.1, 0.15) is 36.8 Å². The van der Waals surface area contributed by atoms with Crippen LogP contribution < -0.4 is 5.32 Å². The number of rotatable bonds is 8. The maximum atomic E-state index is 14.0. The summed E-state index contributed by atoms with van der Waals surface area (Å²) in [6.07, 6.45) is 2.35. The molecule has 0 aromatic heterocycles. The molecule has 2 aromatic rings. The summed E-state index contributed by atoms with van der Waals surface area (Å²) in [5, 5.41) is 23.1. The van der Waals surface area contributed by atoms with Gasteiger partial charge in [0.15, 0.2) is 6.10 Å². The number of halogens is 1. The van der Waals surface area contributed by atoms with Gasteiger partial charge in [0.2, 0.25) is 0 Å². The molecular weight excluding hydrogens is 722 g/mol. The van der Waals surface area contributed by atoms with Crippen molar-refractivity contribution in [1.82, 2.24) is 29.6 Å². The summed E-state index contributed by atoms with van der Waals surface area (Å²) < 4.78 is 6.50. The summed E-state index contributed by atoms with van der Waals surface area (Å²) in [5.74, 6) is -0.490. The topological polar surface area (TPSA) is 149 Å². The molecule has 0 aliphatic carbocycles. The number of nitrogens with one attached hydrogen (secondary N) is 1. The number of piperidine rings is 2. The lowest BCUT2D eigenvalue weighted by Gasteiger charge is -2.43. The fourth-order valence-corrected chi connectivity index (χ4v) is 8.04. The molecule has 0 bridgehead atoms. The van der Waals surface area contributed by atoms with Gasteiger partial charge >= 0.3 is 12.1 Å². The largest absolute Gasteiger partial charge is 0.507 e. The van der Waals surface area contributed by atoms with Gasteiger partial charge in [-0.05, 0) is 77.4 Å². The predicted molar refractivity (Wildman–Crippen MR) is 192 cm³/mol. The van der Waals surface area contributed by atoms with Gasteiger partial charge in [0.1, 0.15) is 5.75 Å². The number of piperazine rings is 1. The fraction of sp³-hybridized carbons (Fsp3) is 0.556. The number of aromatic hydroxyl groups is 1. The van der Waals surface area contributed by atoms with E-state index in [-0.39, 0.29) is 42.6 Å². The lowest BCUT2D eigenvalue weighted by Crippen LogP contribution is -2.57. The molecule has 276 valence electrons. The molecule has 1 atom stereocenters. The van der Waals surface area contributed by atoms with Gasteiger partial charge in [-0.1, -0.05) is 24.3 Å². The van der Waals surface area contributed by atoms with E-state index in [9.17, 15) is 29.5 Å². The van der Waals surface area contributed by atoms with Crippen LogP contribution in [0.25, 0.3) is 0 Å². The highest BCUT2D eigenvalue weighted by molar-refractivity contribution is 9.10. The summed E-state index contributed by atoms with van der Waals surface area (Å²) in [6, 6.07) is 13.0. The monoisotopic (exact) mass is 769 g/mol. The lowest BCUT2D eigenvalue weighted by molar-refractivity contribution is -0.160. The van der Waals surface area contributed by atoms with E-state index in [0.29, 0.717) is 74.2 Å². The van der Waals surface area contributed by atoms with E-state index in [2.05, 4.69) is 31.0 Å². The van der Waals surface area contributed by atoms with Gasteiger partial charge < -0.3 is 29.9 Å². The number of likely N-dealkylation sites (N-methyl/N-ethyl adjacent to an activating group) is 1. The first-order chi connectivity index (χ1) is 24.5. The Hall–Kier alpha value is -3.92. The number of fused-ring (bicyclic) bond motifs is 1. The number of carbonyl (C=O) groups is 4. The molecule has 5 amide bonds. The Balaban J connectivity index is 1.03. The number of carbonyl (C=O) groups excluding carboxylic acids is 4. The Morgan fingerprint density at radius 1 is 0.922 bits per heavy atom. The Bertz CT molecular complexity index is 1570. The molecule has 0 saturated carbocycles. The number of phenolic OH excluding ortho intramolecular Hbond substituents is 1. The minimum absolute atomic E-state index is 0.0107. The fourth-order valence-electron chi connectivity index (χ4n) is 7.61. The highest BCUT2D eigenvalue weighted by Gasteiger charge is 2.36. The number of amides is 5. The molecule has 4 aliphatic heterocycles. The van der Waals surface area contributed by atoms with Gasteiger partial charge in [-0.25, -0.2) is 14.7 Å². The minimum Gasteiger partial charge on any atom is -0.507 e. The van der Waals surface area contributed by atoms with E-state index >= 15 is 0 Å². The number of anilines is 1. The smallest absolute Gasteiger partial charge is 0.410 e. The zero-order valence-corrected chi connectivity index (χ0v) is 30.7. The van der Waals surface area contributed by atoms with Crippen molar-refractivity contribution in [1.29, 1.82) is 0 Å². The van der Waals surface area contributed by atoms with Crippen LogP contribution in [-0.4, -0.2) is 154 Å². The van der Waals surface area contributed by atoms with Crippen molar-refractivity contribution in [2.24, 2.45) is 0 Å². The number of hydrogen-bond acceptors (Lipinski definition) is 9. The number of para-hydroxylation sites is 1. The third-order valence-electron chi connectivity index (χ3n) is 10.7. The van der Waals surface area contributed by atoms with Crippen LogP contribution in [0, 0.1) is 0 Å². The third-order valence-corrected chi connectivity index (χ3v) is 11.3. The van der Waals surface area contributed by atoms with Crippen molar-refractivity contribution >= 4 is 45.6 Å². The maximum absolute atomic E-state index is 14.0. The zero-order valence-electron chi connectivity index (χ0n) is 29.1. The summed E-state index contributed by atoms with van der Waals surface area (Å²) in [6.45, 7) is 5.56. The molecule has 0 spiro atoms. The number of hydrogen-bond donors (Lipinski definition) is 3. The Morgan fingerprint density at radius 3 is 2.29 bits per heavy atom. The molecule has 4 heterocycles. The van der Waals surface area contributed by atoms with Crippen molar-refractivity contribution in [2.45, 2.75) is 56.7 Å². The van der Waals surface area contributed by atoms with Crippen LogP contribution in [0.5, 0.6) is 5.75 Å². The van der Waals surface area contributed by atoms with E-state index in [1.165, 1.54) is 7.05 Å². The van der Waals surface area contributed by atoms with E-state index in [1.54, 1.807) is 28.0 Å². The van der Waals surface area contributed by atoms with Crippen LogP contribution in [0.4, 0.5) is 15.3 Å². The number of likely N-dealkylation sites (tertiary alicyclic amines) is 2. The summed E-state index contributed by atoms with van der Waals surface area (Å²) in [4.78, 5) is 62.3. The second kappa shape index (κ2) is 16.6.